The third-order valence-corrected chi connectivity index (χ3v) is 4.89. The van der Waals surface area contributed by atoms with E-state index in [-0.39, 0.29) is 11.8 Å². The maximum atomic E-state index is 11.1. The molecule has 3 nitrogen and oxygen atoms in total. The van der Waals surface area contributed by atoms with Crippen molar-refractivity contribution in [1.29, 1.82) is 0 Å². The Balaban J connectivity index is 2.62. The molecule has 18 heavy (non-hydrogen) atoms. The lowest BCUT2D eigenvalue weighted by molar-refractivity contribution is 0.603. The van der Waals surface area contributed by atoms with E-state index >= 15 is 0 Å². The van der Waals surface area contributed by atoms with Gasteiger partial charge in [-0.25, -0.2) is 8.42 Å². The summed E-state index contributed by atoms with van der Waals surface area (Å²) in [6.45, 7) is 4.04. The summed E-state index contributed by atoms with van der Waals surface area (Å²) in [5, 5.41) is 0. The third kappa shape index (κ3) is 5.89. The molecule has 0 spiro atoms. The summed E-state index contributed by atoms with van der Waals surface area (Å²) in [5.41, 5.74) is 8.19. The van der Waals surface area contributed by atoms with Crippen molar-refractivity contribution in [3.8, 4) is 0 Å². The fourth-order valence-electron chi connectivity index (χ4n) is 1.68. The maximum Gasteiger partial charge on any atom is 0.148 e. The fraction of sp³-hybridized carbons (Fsp3) is 0.538. The second-order valence-corrected chi connectivity index (χ2v) is 8.16. The highest BCUT2D eigenvalue weighted by Gasteiger charge is 2.06. The summed E-state index contributed by atoms with van der Waals surface area (Å²) in [4.78, 5) is 1.15. The monoisotopic (exact) mass is 287 g/mol. The number of hydrogen-bond acceptors (Lipinski definition) is 4. The Morgan fingerprint density at radius 1 is 1.39 bits per heavy atom. The minimum atomic E-state index is -2.87. The van der Waals surface area contributed by atoms with E-state index in [0.29, 0.717) is 5.75 Å². The second kappa shape index (κ2) is 6.59. The standard InChI is InChI=1S/C13H21NO2S2/c1-10-8-12(9-11(2)14)4-5-13(10)17-6-7-18(3,15)16/h4-5,8,11H,6-7,9,14H2,1-3H3. The van der Waals surface area contributed by atoms with Crippen molar-refractivity contribution in [1.82, 2.24) is 0 Å². The van der Waals surface area contributed by atoms with Crippen molar-refractivity contribution in [2.45, 2.75) is 31.2 Å². The summed E-state index contributed by atoms with van der Waals surface area (Å²) in [7, 11) is -2.87. The highest BCUT2D eigenvalue weighted by atomic mass is 32.2. The Morgan fingerprint density at radius 3 is 2.56 bits per heavy atom. The van der Waals surface area contributed by atoms with Gasteiger partial charge in [0.2, 0.25) is 0 Å². The Morgan fingerprint density at radius 2 is 2.06 bits per heavy atom. The minimum Gasteiger partial charge on any atom is -0.328 e. The summed E-state index contributed by atoms with van der Waals surface area (Å²) in [5.74, 6) is 0.824. The topological polar surface area (TPSA) is 60.2 Å². The Hall–Kier alpha value is -0.520. The van der Waals surface area contributed by atoms with Crippen LogP contribution in [0.25, 0.3) is 0 Å². The number of rotatable bonds is 6. The average molecular weight is 287 g/mol. The summed E-state index contributed by atoms with van der Waals surface area (Å²) >= 11 is 1.59. The van der Waals surface area contributed by atoms with Gasteiger partial charge in [-0.1, -0.05) is 12.1 Å². The van der Waals surface area contributed by atoms with E-state index in [0.717, 1.165) is 11.3 Å². The van der Waals surface area contributed by atoms with Gasteiger partial charge < -0.3 is 5.73 Å². The van der Waals surface area contributed by atoms with Gasteiger partial charge in [0.15, 0.2) is 0 Å². The molecule has 5 heteroatoms. The van der Waals surface area contributed by atoms with E-state index in [2.05, 4.69) is 18.2 Å². The van der Waals surface area contributed by atoms with Gasteiger partial charge in [-0.2, -0.15) is 0 Å². The number of nitrogens with two attached hydrogens (primary N) is 1. The molecule has 0 heterocycles. The van der Waals surface area contributed by atoms with E-state index in [1.165, 1.54) is 17.4 Å². The third-order valence-electron chi connectivity index (χ3n) is 2.51. The minimum absolute atomic E-state index is 0.160. The van der Waals surface area contributed by atoms with E-state index in [1.54, 1.807) is 11.8 Å². The van der Waals surface area contributed by atoms with Crippen molar-refractivity contribution in [3.05, 3.63) is 29.3 Å². The molecular weight excluding hydrogens is 266 g/mol. The molecule has 0 radical (unpaired) electrons. The smallest absolute Gasteiger partial charge is 0.148 e. The van der Waals surface area contributed by atoms with E-state index in [9.17, 15) is 8.42 Å². The molecule has 0 bridgehead atoms. The lowest BCUT2D eigenvalue weighted by atomic mass is 10.1. The Bertz CT molecular complexity index is 496. The van der Waals surface area contributed by atoms with Crippen molar-refractivity contribution >= 4 is 21.6 Å². The van der Waals surface area contributed by atoms with Crippen molar-refractivity contribution in [2.75, 3.05) is 17.8 Å². The van der Waals surface area contributed by atoms with Crippen LogP contribution in [-0.4, -0.2) is 32.2 Å². The van der Waals surface area contributed by atoms with Gasteiger partial charge in [0, 0.05) is 22.9 Å². The first kappa shape index (κ1) is 15.5. The number of thioether (sulfide) groups is 1. The van der Waals surface area contributed by atoms with Crippen LogP contribution < -0.4 is 5.73 Å². The molecule has 0 aliphatic carbocycles. The van der Waals surface area contributed by atoms with Crippen molar-refractivity contribution in [3.63, 3.8) is 0 Å². The predicted molar refractivity (Wildman–Crippen MR) is 79.0 cm³/mol. The highest BCUT2D eigenvalue weighted by molar-refractivity contribution is 8.00. The molecule has 0 aliphatic heterocycles. The lowest BCUT2D eigenvalue weighted by Crippen LogP contribution is -2.17. The van der Waals surface area contributed by atoms with Gasteiger partial charge in [0.1, 0.15) is 9.84 Å². The number of benzene rings is 1. The molecule has 0 aliphatic rings. The zero-order valence-corrected chi connectivity index (χ0v) is 12.8. The van der Waals surface area contributed by atoms with Gasteiger partial charge in [0.25, 0.3) is 0 Å². The lowest BCUT2D eigenvalue weighted by Gasteiger charge is -2.09. The molecule has 1 atom stereocenters. The Kier molecular flexibility index (Phi) is 5.69. The molecule has 0 amide bonds. The van der Waals surface area contributed by atoms with Crippen LogP contribution in [0.1, 0.15) is 18.1 Å². The van der Waals surface area contributed by atoms with Crippen LogP contribution in [0.5, 0.6) is 0 Å². The van der Waals surface area contributed by atoms with Crippen LogP contribution in [0.3, 0.4) is 0 Å². The molecule has 1 aromatic rings. The van der Waals surface area contributed by atoms with Crippen LogP contribution >= 0.6 is 11.8 Å². The molecule has 102 valence electrons. The summed E-state index contributed by atoms with van der Waals surface area (Å²) in [6.07, 6.45) is 2.14. The quantitative estimate of drug-likeness (QED) is 0.813. The maximum absolute atomic E-state index is 11.1. The predicted octanol–water partition coefficient (Wildman–Crippen LogP) is 2.02. The summed E-state index contributed by atoms with van der Waals surface area (Å²) < 4.78 is 22.1. The normalized spacial score (nSPS) is 13.6. The van der Waals surface area contributed by atoms with Gasteiger partial charge in [0.05, 0.1) is 5.75 Å². The van der Waals surface area contributed by atoms with Crippen LogP contribution in [0, 0.1) is 6.92 Å². The summed E-state index contributed by atoms with van der Waals surface area (Å²) in [6, 6.07) is 6.42. The Labute approximate surface area is 114 Å². The number of aryl methyl sites for hydroxylation is 1. The van der Waals surface area contributed by atoms with E-state index in [1.807, 2.05) is 13.8 Å². The van der Waals surface area contributed by atoms with Gasteiger partial charge >= 0.3 is 0 Å². The highest BCUT2D eigenvalue weighted by Crippen LogP contribution is 2.23. The molecule has 0 saturated heterocycles. The number of hydrogen-bond donors (Lipinski definition) is 1. The van der Waals surface area contributed by atoms with Crippen LogP contribution in [0.2, 0.25) is 0 Å². The molecule has 1 rings (SSSR count). The van der Waals surface area contributed by atoms with Crippen LogP contribution in [0.15, 0.2) is 23.1 Å². The first-order valence-electron chi connectivity index (χ1n) is 5.93. The first-order valence-corrected chi connectivity index (χ1v) is 8.98. The fourth-order valence-corrected chi connectivity index (χ4v) is 3.89. The van der Waals surface area contributed by atoms with E-state index in [4.69, 9.17) is 5.73 Å². The number of sulfone groups is 1. The van der Waals surface area contributed by atoms with Crippen LogP contribution in [-0.2, 0) is 16.3 Å². The molecule has 0 saturated carbocycles. The second-order valence-electron chi connectivity index (χ2n) is 4.76. The molecule has 0 aromatic heterocycles. The molecule has 1 unspecified atom stereocenters. The van der Waals surface area contributed by atoms with Gasteiger partial charge in [-0.3, -0.25) is 0 Å². The zero-order valence-electron chi connectivity index (χ0n) is 11.1. The zero-order chi connectivity index (χ0) is 13.8. The molecular formula is C13H21NO2S2. The van der Waals surface area contributed by atoms with Gasteiger partial charge in [-0.05, 0) is 37.5 Å². The van der Waals surface area contributed by atoms with Crippen molar-refractivity contribution < 1.29 is 8.42 Å². The molecule has 1 aromatic carbocycles. The van der Waals surface area contributed by atoms with Crippen LogP contribution in [0.4, 0.5) is 0 Å². The molecule has 0 fully saturated rings. The largest absolute Gasteiger partial charge is 0.328 e. The SMILES string of the molecule is Cc1cc(CC(C)N)ccc1SCCS(C)(=O)=O. The molecule has 2 N–H and O–H groups in total. The average Bonchev–Trinajstić information content (AvgIpc) is 2.18. The first-order chi connectivity index (χ1) is 8.28. The van der Waals surface area contributed by atoms with Gasteiger partial charge in [-0.15, -0.1) is 11.8 Å². The van der Waals surface area contributed by atoms with Crippen molar-refractivity contribution in [2.24, 2.45) is 5.73 Å². The van der Waals surface area contributed by atoms with E-state index < -0.39 is 9.84 Å².